The largest absolute Gasteiger partial charge is 0.381 e. The third-order valence-electron chi connectivity index (χ3n) is 4.38. The summed E-state index contributed by atoms with van der Waals surface area (Å²) in [6.07, 6.45) is 3.63. The maximum Gasteiger partial charge on any atom is 0.0480 e. The monoisotopic (exact) mass is 338 g/mol. The van der Waals surface area contributed by atoms with E-state index in [1.807, 2.05) is 0 Å². The molecule has 0 unspecified atom stereocenters. The van der Waals surface area contributed by atoms with E-state index in [1.54, 1.807) is 0 Å². The first-order valence-electron chi connectivity index (χ1n) is 7.63. The fourth-order valence-electron chi connectivity index (χ4n) is 3.14. The van der Waals surface area contributed by atoms with Crippen LogP contribution in [0.5, 0.6) is 0 Å². The summed E-state index contributed by atoms with van der Waals surface area (Å²) in [5.74, 6) is 0.775. The number of nitrogens with zero attached hydrogens (tertiary/aromatic N) is 1. The van der Waals surface area contributed by atoms with E-state index in [2.05, 4.69) is 50.4 Å². The van der Waals surface area contributed by atoms with Gasteiger partial charge in [0, 0.05) is 42.5 Å². The van der Waals surface area contributed by atoms with Crippen LogP contribution in [0.3, 0.4) is 0 Å². The zero-order valence-electron chi connectivity index (χ0n) is 11.9. The number of hydrogen-bond donors (Lipinski definition) is 1. The van der Waals surface area contributed by atoms with Gasteiger partial charge in [0.15, 0.2) is 0 Å². The van der Waals surface area contributed by atoms with Crippen LogP contribution in [0.2, 0.25) is 0 Å². The molecule has 2 aliphatic rings. The molecular weight excluding hydrogens is 316 g/mol. The van der Waals surface area contributed by atoms with Crippen molar-refractivity contribution < 1.29 is 4.74 Å². The van der Waals surface area contributed by atoms with Crippen LogP contribution in [0.1, 0.15) is 19.3 Å². The van der Waals surface area contributed by atoms with Crippen LogP contribution >= 0.6 is 15.9 Å². The van der Waals surface area contributed by atoms with Crippen molar-refractivity contribution in [3.8, 4) is 0 Å². The van der Waals surface area contributed by atoms with Crippen molar-refractivity contribution in [3.05, 3.63) is 28.7 Å². The lowest BCUT2D eigenvalue weighted by Crippen LogP contribution is -2.38. The molecule has 3 nitrogen and oxygen atoms in total. The molecule has 0 amide bonds. The Balaban J connectivity index is 1.47. The molecule has 3 rings (SSSR count). The van der Waals surface area contributed by atoms with Crippen LogP contribution in [0.25, 0.3) is 0 Å². The Morgan fingerprint density at radius 1 is 1.25 bits per heavy atom. The second kappa shape index (κ2) is 6.92. The summed E-state index contributed by atoms with van der Waals surface area (Å²) in [6.45, 7) is 5.34. The Bertz CT molecular complexity index is 434. The van der Waals surface area contributed by atoms with Crippen molar-refractivity contribution >= 4 is 21.6 Å². The van der Waals surface area contributed by atoms with Gasteiger partial charge in [-0.2, -0.15) is 0 Å². The normalized spacial score (nSPS) is 24.2. The minimum Gasteiger partial charge on any atom is -0.381 e. The van der Waals surface area contributed by atoms with Gasteiger partial charge in [-0.25, -0.2) is 0 Å². The second-order valence-corrected chi connectivity index (χ2v) is 6.79. The summed E-state index contributed by atoms with van der Waals surface area (Å²) in [5.41, 5.74) is 1.34. The van der Waals surface area contributed by atoms with E-state index in [-0.39, 0.29) is 0 Å². The topological polar surface area (TPSA) is 24.5 Å². The molecular formula is C16H23BrN2O. The molecule has 0 spiro atoms. The molecule has 0 saturated carbocycles. The van der Waals surface area contributed by atoms with E-state index in [0.717, 1.165) is 25.7 Å². The first kappa shape index (κ1) is 14.4. The molecule has 4 heteroatoms. The van der Waals surface area contributed by atoms with Gasteiger partial charge >= 0.3 is 0 Å². The van der Waals surface area contributed by atoms with E-state index in [4.69, 9.17) is 4.74 Å². The number of hydrogen-bond acceptors (Lipinski definition) is 3. The molecule has 110 valence electrons. The standard InChI is InChI=1S/C16H23BrN2O/c17-14-2-1-3-16(10-14)19-7-4-13(12-19)11-18-15-5-8-20-9-6-15/h1-3,10,13,15,18H,4-9,11-12H2/t13-/m1/s1. The van der Waals surface area contributed by atoms with Gasteiger partial charge in [0.2, 0.25) is 0 Å². The molecule has 0 aliphatic carbocycles. The van der Waals surface area contributed by atoms with Crippen molar-refractivity contribution in [1.29, 1.82) is 0 Å². The number of halogens is 1. The lowest BCUT2D eigenvalue weighted by atomic mass is 10.1. The van der Waals surface area contributed by atoms with Gasteiger partial charge in [-0.3, -0.25) is 0 Å². The third kappa shape index (κ3) is 3.74. The first-order chi connectivity index (χ1) is 9.81. The number of anilines is 1. The quantitative estimate of drug-likeness (QED) is 0.913. The Hall–Kier alpha value is -0.580. The average molecular weight is 339 g/mol. The molecule has 0 aromatic heterocycles. The summed E-state index contributed by atoms with van der Waals surface area (Å²) in [6, 6.07) is 9.30. The molecule has 2 fully saturated rings. The Kier molecular flexibility index (Phi) is 4.97. The van der Waals surface area contributed by atoms with Gasteiger partial charge in [0.25, 0.3) is 0 Å². The van der Waals surface area contributed by atoms with Crippen molar-refractivity contribution in [2.24, 2.45) is 5.92 Å². The number of benzene rings is 1. The predicted octanol–water partition coefficient (Wildman–Crippen LogP) is 3.04. The maximum atomic E-state index is 5.40. The minimum atomic E-state index is 0.670. The molecule has 1 aromatic carbocycles. The third-order valence-corrected chi connectivity index (χ3v) is 4.87. The average Bonchev–Trinajstić information content (AvgIpc) is 2.95. The van der Waals surface area contributed by atoms with Gasteiger partial charge in [-0.05, 0) is 49.9 Å². The molecule has 1 N–H and O–H groups in total. The molecule has 1 aromatic rings. The van der Waals surface area contributed by atoms with E-state index in [9.17, 15) is 0 Å². The first-order valence-corrected chi connectivity index (χ1v) is 8.42. The minimum absolute atomic E-state index is 0.670. The Morgan fingerprint density at radius 3 is 2.90 bits per heavy atom. The highest BCUT2D eigenvalue weighted by molar-refractivity contribution is 9.10. The van der Waals surface area contributed by atoms with Crippen LogP contribution in [0.4, 0.5) is 5.69 Å². The van der Waals surface area contributed by atoms with Crippen LogP contribution in [0, 0.1) is 5.92 Å². The maximum absolute atomic E-state index is 5.40. The fraction of sp³-hybridized carbons (Fsp3) is 0.625. The number of ether oxygens (including phenoxy) is 1. The van der Waals surface area contributed by atoms with Gasteiger partial charge in [0.1, 0.15) is 0 Å². The molecule has 2 heterocycles. The van der Waals surface area contributed by atoms with Crippen LogP contribution < -0.4 is 10.2 Å². The number of nitrogens with one attached hydrogen (secondary N) is 1. The van der Waals surface area contributed by atoms with Crippen LogP contribution in [-0.4, -0.2) is 38.9 Å². The van der Waals surface area contributed by atoms with Crippen LogP contribution in [-0.2, 0) is 4.74 Å². The SMILES string of the molecule is Brc1cccc(N2CC[C@H](CNC3CCOCC3)C2)c1. The lowest BCUT2D eigenvalue weighted by molar-refractivity contribution is 0.0771. The summed E-state index contributed by atoms with van der Waals surface area (Å²) in [5, 5.41) is 3.73. The molecule has 1 atom stereocenters. The van der Waals surface area contributed by atoms with Gasteiger partial charge in [-0.1, -0.05) is 22.0 Å². The van der Waals surface area contributed by atoms with E-state index in [1.165, 1.54) is 42.5 Å². The summed E-state index contributed by atoms with van der Waals surface area (Å²) >= 11 is 3.56. The Morgan fingerprint density at radius 2 is 2.10 bits per heavy atom. The number of rotatable bonds is 4. The van der Waals surface area contributed by atoms with Gasteiger partial charge in [0.05, 0.1) is 0 Å². The van der Waals surface area contributed by atoms with Crippen molar-refractivity contribution in [2.45, 2.75) is 25.3 Å². The fourth-order valence-corrected chi connectivity index (χ4v) is 3.53. The smallest absolute Gasteiger partial charge is 0.0480 e. The Labute approximate surface area is 129 Å². The van der Waals surface area contributed by atoms with Crippen LogP contribution in [0.15, 0.2) is 28.7 Å². The van der Waals surface area contributed by atoms with E-state index < -0.39 is 0 Å². The molecule has 0 radical (unpaired) electrons. The summed E-state index contributed by atoms with van der Waals surface area (Å²) < 4.78 is 6.57. The summed E-state index contributed by atoms with van der Waals surface area (Å²) in [4.78, 5) is 2.50. The molecule has 20 heavy (non-hydrogen) atoms. The van der Waals surface area contributed by atoms with Gasteiger partial charge in [-0.15, -0.1) is 0 Å². The lowest BCUT2D eigenvalue weighted by Gasteiger charge is -2.25. The van der Waals surface area contributed by atoms with Crippen molar-refractivity contribution in [3.63, 3.8) is 0 Å². The zero-order valence-corrected chi connectivity index (χ0v) is 13.4. The molecule has 2 saturated heterocycles. The van der Waals surface area contributed by atoms with Gasteiger partial charge < -0.3 is 15.0 Å². The van der Waals surface area contributed by atoms with Crippen molar-refractivity contribution in [2.75, 3.05) is 37.7 Å². The second-order valence-electron chi connectivity index (χ2n) is 5.88. The van der Waals surface area contributed by atoms with E-state index in [0.29, 0.717) is 6.04 Å². The predicted molar refractivity (Wildman–Crippen MR) is 86.3 cm³/mol. The zero-order chi connectivity index (χ0) is 13.8. The highest BCUT2D eigenvalue weighted by Crippen LogP contribution is 2.26. The molecule has 0 bridgehead atoms. The summed E-state index contributed by atoms with van der Waals surface area (Å²) in [7, 11) is 0. The van der Waals surface area contributed by atoms with Crippen molar-refractivity contribution in [1.82, 2.24) is 5.32 Å². The van der Waals surface area contributed by atoms with E-state index >= 15 is 0 Å². The molecule has 2 aliphatic heterocycles. The highest BCUT2D eigenvalue weighted by Gasteiger charge is 2.24. The highest BCUT2D eigenvalue weighted by atomic mass is 79.9.